The minimum absolute atomic E-state index is 0.117. The van der Waals surface area contributed by atoms with Gasteiger partial charge < -0.3 is 15.0 Å². The van der Waals surface area contributed by atoms with E-state index < -0.39 is 0 Å². The molecule has 1 aliphatic heterocycles. The van der Waals surface area contributed by atoms with E-state index in [0.29, 0.717) is 6.04 Å². The molecule has 1 aliphatic rings. The zero-order chi connectivity index (χ0) is 15.0. The molecule has 0 aliphatic carbocycles. The normalized spacial score (nSPS) is 21.4. The molecule has 1 unspecified atom stereocenters. The molecule has 1 N–H and O–H groups in total. The molecule has 0 saturated heterocycles. The lowest BCUT2D eigenvalue weighted by atomic mass is 9.89. The first kappa shape index (κ1) is 15.3. The van der Waals surface area contributed by atoms with Crippen molar-refractivity contribution < 1.29 is 4.74 Å². The molecule has 20 heavy (non-hydrogen) atoms. The number of para-hydroxylation sites is 1. The standard InChI is InChI=1S/C17H28N2O/c1-16(2,19(5)6)12-18-14-11-17(3,4)20-15-10-8-7-9-13(14)15/h7-10,14,18H,11-12H2,1-6H3. The highest BCUT2D eigenvalue weighted by Crippen LogP contribution is 2.39. The molecule has 1 aromatic rings. The quantitative estimate of drug-likeness (QED) is 0.914. The van der Waals surface area contributed by atoms with Crippen LogP contribution in [0.4, 0.5) is 0 Å². The van der Waals surface area contributed by atoms with Gasteiger partial charge in [0.05, 0.1) is 0 Å². The Morgan fingerprint density at radius 3 is 2.60 bits per heavy atom. The lowest BCUT2D eigenvalue weighted by molar-refractivity contribution is 0.0621. The summed E-state index contributed by atoms with van der Waals surface area (Å²) in [6.07, 6.45) is 0.994. The number of hydrogen-bond donors (Lipinski definition) is 1. The smallest absolute Gasteiger partial charge is 0.124 e. The molecular formula is C17H28N2O. The van der Waals surface area contributed by atoms with Gasteiger partial charge in [-0.2, -0.15) is 0 Å². The number of hydrogen-bond acceptors (Lipinski definition) is 3. The molecule has 1 atom stereocenters. The molecule has 0 saturated carbocycles. The molecule has 1 heterocycles. The zero-order valence-electron chi connectivity index (χ0n) is 13.7. The Bertz CT molecular complexity index is 466. The molecule has 0 bridgehead atoms. The maximum Gasteiger partial charge on any atom is 0.124 e. The third kappa shape index (κ3) is 3.33. The molecule has 112 valence electrons. The lowest BCUT2D eigenvalue weighted by Crippen LogP contribution is -2.49. The maximum atomic E-state index is 6.08. The highest BCUT2D eigenvalue weighted by Gasteiger charge is 2.34. The van der Waals surface area contributed by atoms with Gasteiger partial charge >= 0.3 is 0 Å². The SMILES string of the molecule is CN(C)C(C)(C)CNC1CC(C)(C)Oc2ccccc21. The summed E-state index contributed by atoms with van der Waals surface area (Å²) in [6, 6.07) is 8.73. The molecular weight excluding hydrogens is 248 g/mol. The van der Waals surface area contributed by atoms with Crippen molar-refractivity contribution in [3.63, 3.8) is 0 Å². The second-order valence-corrected chi connectivity index (χ2v) is 7.24. The largest absolute Gasteiger partial charge is 0.487 e. The minimum atomic E-state index is -0.117. The molecule has 0 spiro atoms. The third-order valence-corrected chi connectivity index (χ3v) is 4.37. The summed E-state index contributed by atoms with van der Waals surface area (Å²) < 4.78 is 6.08. The topological polar surface area (TPSA) is 24.5 Å². The lowest BCUT2D eigenvalue weighted by Gasteiger charge is -2.40. The monoisotopic (exact) mass is 276 g/mol. The highest BCUT2D eigenvalue weighted by molar-refractivity contribution is 5.38. The predicted molar refractivity (Wildman–Crippen MR) is 84.3 cm³/mol. The average Bonchev–Trinajstić information content (AvgIpc) is 2.34. The zero-order valence-corrected chi connectivity index (χ0v) is 13.7. The fraction of sp³-hybridized carbons (Fsp3) is 0.647. The average molecular weight is 276 g/mol. The summed E-state index contributed by atoms with van der Waals surface area (Å²) in [5, 5.41) is 3.73. The van der Waals surface area contributed by atoms with E-state index in [1.165, 1.54) is 5.56 Å². The van der Waals surface area contributed by atoms with Crippen molar-refractivity contribution in [2.45, 2.75) is 51.3 Å². The number of nitrogens with one attached hydrogen (secondary N) is 1. The molecule has 0 radical (unpaired) electrons. The van der Waals surface area contributed by atoms with Crippen molar-refractivity contribution in [2.75, 3.05) is 20.6 Å². The van der Waals surface area contributed by atoms with Crippen molar-refractivity contribution in [1.82, 2.24) is 10.2 Å². The third-order valence-electron chi connectivity index (χ3n) is 4.37. The molecule has 1 aromatic carbocycles. The second-order valence-electron chi connectivity index (χ2n) is 7.24. The molecule has 0 amide bonds. The molecule has 0 fully saturated rings. The summed E-state index contributed by atoms with van der Waals surface area (Å²) in [7, 11) is 4.26. The van der Waals surface area contributed by atoms with Crippen LogP contribution in [0.1, 0.15) is 45.7 Å². The Kier molecular flexibility index (Phi) is 4.12. The Labute approximate surface area is 123 Å². The van der Waals surface area contributed by atoms with Gasteiger partial charge in [0.2, 0.25) is 0 Å². The van der Waals surface area contributed by atoms with E-state index in [1.54, 1.807) is 0 Å². The van der Waals surface area contributed by atoms with Crippen molar-refractivity contribution in [2.24, 2.45) is 0 Å². The van der Waals surface area contributed by atoms with Gasteiger partial charge in [0.15, 0.2) is 0 Å². The number of nitrogens with zero attached hydrogens (tertiary/aromatic N) is 1. The molecule has 0 aromatic heterocycles. The van der Waals surface area contributed by atoms with Crippen LogP contribution in [0.15, 0.2) is 24.3 Å². The fourth-order valence-electron chi connectivity index (χ4n) is 2.52. The van der Waals surface area contributed by atoms with E-state index in [0.717, 1.165) is 18.7 Å². The van der Waals surface area contributed by atoms with Crippen molar-refractivity contribution in [1.29, 1.82) is 0 Å². The summed E-state index contributed by atoms with van der Waals surface area (Å²) in [6.45, 7) is 9.80. The number of fused-ring (bicyclic) bond motifs is 1. The van der Waals surface area contributed by atoms with Crippen LogP contribution in [0.3, 0.4) is 0 Å². The van der Waals surface area contributed by atoms with E-state index in [1.807, 2.05) is 6.07 Å². The van der Waals surface area contributed by atoms with Crippen LogP contribution in [0.25, 0.3) is 0 Å². The maximum absolute atomic E-state index is 6.08. The summed E-state index contributed by atoms with van der Waals surface area (Å²) in [5.41, 5.74) is 1.30. The minimum Gasteiger partial charge on any atom is -0.487 e. The van der Waals surface area contributed by atoms with Gasteiger partial charge in [-0.3, -0.25) is 0 Å². The van der Waals surface area contributed by atoms with Crippen molar-refractivity contribution >= 4 is 0 Å². The van der Waals surface area contributed by atoms with Gasteiger partial charge in [-0.25, -0.2) is 0 Å². The van der Waals surface area contributed by atoms with E-state index in [-0.39, 0.29) is 11.1 Å². The summed E-state index contributed by atoms with van der Waals surface area (Å²) >= 11 is 0. The summed E-state index contributed by atoms with van der Waals surface area (Å²) in [5.74, 6) is 1.02. The Morgan fingerprint density at radius 1 is 1.30 bits per heavy atom. The Balaban J connectivity index is 2.16. The Morgan fingerprint density at radius 2 is 1.95 bits per heavy atom. The van der Waals surface area contributed by atoms with E-state index in [9.17, 15) is 0 Å². The van der Waals surface area contributed by atoms with Crippen molar-refractivity contribution in [3.8, 4) is 5.75 Å². The number of ether oxygens (including phenoxy) is 1. The number of rotatable bonds is 4. The van der Waals surface area contributed by atoms with Crippen LogP contribution in [0.2, 0.25) is 0 Å². The highest BCUT2D eigenvalue weighted by atomic mass is 16.5. The van der Waals surface area contributed by atoms with Gasteiger partial charge in [0.1, 0.15) is 11.4 Å². The van der Waals surface area contributed by atoms with Gasteiger partial charge in [-0.05, 0) is 47.9 Å². The van der Waals surface area contributed by atoms with Gasteiger partial charge in [-0.1, -0.05) is 18.2 Å². The van der Waals surface area contributed by atoms with Crippen LogP contribution in [0.5, 0.6) is 5.75 Å². The van der Waals surface area contributed by atoms with Gasteiger partial charge in [-0.15, -0.1) is 0 Å². The second kappa shape index (κ2) is 5.38. The van der Waals surface area contributed by atoms with Crippen LogP contribution in [-0.4, -0.2) is 36.7 Å². The van der Waals surface area contributed by atoms with Gasteiger partial charge in [0, 0.05) is 30.1 Å². The number of likely N-dealkylation sites (N-methyl/N-ethyl adjacent to an activating group) is 1. The van der Waals surface area contributed by atoms with Crippen LogP contribution >= 0.6 is 0 Å². The number of benzene rings is 1. The first-order chi connectivity index (χ1) is 9.21. The van der Waals surface area contributed by atoms with E-state index in [4.69, 9.17) is 4.74 Å². The van der Waals surface area contributed by atoms with E-state index >= 15 is 0 Å². The van der Waals surface area contributed by atoms with Gasteiger partial charge in [0.25, 0.3) is 0 Å². The first-order valence-electron chi connectivity index (χ1n) is 7.40. The Hall–Kier alpha value is -1.06. The van der Waals surface area contributed by atoms with Crippen LogP contribution in [0, 0.1) is 0 Å². The summed E-state index contributed by atoms with van der Waals surface area (Å²) in [4.78, 5) is 2.26. The van der Waals surface area contributed by atoms with Crippen molar-refractivity contribution in [3.05, 3.63) is 29.8 Å². The first-order valence-corrected chi connectivity index (χ1v) is 7.40. The molecule has 3 heteroatoms. The fourth-order valence-corrected chi connectivity index (χ4v) is 2.52. The van der Waals surface area contributed by atoms with Crippen LogP contribution in [-0.2, 0) is 0 Å². The van der Waals surface area contributed by atoms with Crippen LogP contribution < -0.4 is 10.1 Å². The molecule has 3 nitrogen and oxygen atoms in total. The molecule has 2 rings (SSSR count). The predicted octanol–water partition coefficient (Wildman–Crippen LogP) is 3.22. The van der Waals surface area contributed by atoms with E-state index in [2.05, 4.69) is 70.2 Å².